The molecule has 0 saturated heterocycles. The number of aromatic nitrogens is 3. The molecule has 0 amide bonds. The zero-order valence-electron chi connectivity index (χ0n) is 11.7. The molecule has 2 aromatic heterocycles. The van der Waals surface area contributed by atoms with Crippen molar-refractivity contribution >= 4 is 21.9 Å². The second kappa shape index (κ2) is 4.68. The SMILES string of the molecule is CNCc1nc2nc3cc(C)cc(C)c3cc2c(=O)[nH]1. The molecule has 102 valence electrons. The molecule has 0 aliphatic rings. The summed E-state index contributed by atoms with van der Waals surface area (Å²) < 4.78 is 0. The molecule has 5 heteroatoms. The molecule has 20 heavy (non-hydrogen) atoms. The fraction of sp³-hybridized carbons (Fsp3) is 0.267. The number of aryl methyl sites for hydroxylation is 2. The maximum absolute atomic E-state index is 12.1. The second-order valence-corrected chi connectivity index (χ2v) is 5.05. The molecule has 3 aromatic rings. The van der Waals surface area contributed by atoms with Gasteiger partial charge in [-0.3, -0.25) is 4.79 Å². The first-order valence-electron chi connectivity index (χ1n) is 6.54. The number of aromatic amines is 1. The Labute approximate surface area is 116 Å². The summed E-state index contributed by atoms with van der Waals surface area (Å²) in [6.07, 6.45) is 0. The number of fused-ring (bicyclic) bond motifs is 2. The number of rotatable bonds is 2. The first-order valence-corrected chi connectivity index (χ1v) is 6.54. The first-order chi connectivity index (χ1) is 9.58. The highest BCUT2D eigenvalue weighted by Gasteiger charge is 2.08. The summed E-state index contributed by atoms with van der Waals surface area (Å²) in [4.78, 5) is 23.9. The van der Waals surface area contributed by atoms with E-state index in [0.29, 0.717) is 23.4 Å². The molecule has 2 N–H and O–H groups in total. The Morgan fingerprint density at radius 3 is 2.70 bits per heavy atom. The van der Waals surface area contributed by atoms with Gasteiger partial charge in [-0.25, -0.2) is 9.97 Å². The molecule has 0 unspecified atom stereocenters. The smallest absolute Gasteiger partial charge is 0.260 e. The lowest BCUT2D eigenvalue weighted by Crippen LogP contribution is -2.17. The van der Waals surface area contributed by atoms with Gasteiger partial charge >= 0.3 is 0 Å². The van der Waals surface area contributed by atoms with Crippen LogP contribution in [0.4, 0.5) is 0 Å². The van der Waals surface area contributed by atoms with Crippen LogP contribution in [0.3, 0.4) is 0 Å². The molecule has 0 radical (unpaired) electrons. The number of hydrogen-bond donors (Lipinski definition) is 2. The number of pyridine rings is 1. The quantitative estimate of drug-likeness (QED) is 0.695. The summed E-state index contributed by atoms with van der Waals surface area (Å²) >= 11 is 0. The third-order valence-electron chi connectivity index (χ3n) is 3.35. The average molecular weight is 268 g/mol. The highest BCUT2D eigenvalue weighted by atomic mass is 16.1. The first kappa shape index (κ1) is 12.7. The lowest BCUT2D eigenvalue weighted by atomic mass is 10.1. The van der Waals surface area contributed by atoms with Crippen LogP contribution in [0.5, 0.6) is 0 Å². The molecule has 5 nitrogen and oxygen atoms in total. The lowest BCUT2D eigenvalue weighted by Gasteiger charge is -2.06. The van der Waals surface area contributed by atoms with Crippen molar-refractivity contribution < 1.29 is 0 Å². The van der Waals surface area contributed by atoms with Crippen molar-refractivity contribution in [3.63, 3.8) is 0 Å². The molecule has 0 fully saturated rings. The van der Waals surface area contributed by atoms with Gasteiger partial charge in [-0.05, 0) is 44.2 Å². The fourth-order valence-corrected chi connectivity index (χ4v) is 2.48. The maximum Gasteiger partial charge on any atom is 0.260 e. The molecule has 0 atom stereocenters. The Bertz CT molecular complexity index is 867. The number of H-pyrrole nitrogens is 1. The fourth-order valence-electron chi connectivity index (χ4n) is 2.48. The number of benzene rings is 1. The molecule has 0 aliphatic heterocycles. The van der Waals surface area contributed by atoms with Gasteiger partial charge in [0.2, 0.25) is 0 Å². The molecule has 0 bridgehead atoms. The van der Waals surface area contributed by atoms with Crippen molar-refractivity contribution in [2.24, 2.45) is 0 Å². The van der Waals surface area contributed by atoms with E-state index in [0.717, 1.165) is 22.0 Å². The van der Waals surface area contributed by atoms with Gasteiger partial charge in [-0.2, -0.15) is 0 Å². The summed E-state index contributed by atoms with van der Waals surface area (Å²) in [5.41, 5.74) is 3.50. The topological polar surface area (TPSA) is 70.7 Å². The van der Waals surface area contributed by atoms with Crippen molar-refractivity contribution in [3.8, 4) is 0 Å². The number of nitrogens with zero attached hydrogens (tertiary/aromatic N) is 2. The van der Waals surface area contributed by atoms with Gasteiger partial charge < -0.3 is 10.3 Å². The Kier molecular flexibility index (Phi) is 2.99. The Morgan fingerprint density at radius 2 is 1.95 bits per heavy atom. The molecule has 0 saturated carbocycles. The summed E-state index contributed by atoms with van der Waals surface area (Å²) in [5, 5.41) is 4.50. The molecule has 2 heterocycles. The Hall–Kier alpha value is -2.27. The summed E-state index contributed by atoms with van der Waals surface area (Å²) in [7, 11) is 1.81. The summed E-state index contributed by atoms with van der Waals surface area (Å²) in [5.74, 6) is 0.598. The average Bonchev–Trinajstić information content (AvgIpc) is 2.37. The number of hydrogen-bond acceptors (Lipinski definition) is 4. The van der Waals surface area contributed by atoms with Crippen LogP contribution in [0.2, 0.25) is 0 Å². The molecular weight excluding hydrogens is 252 g/mol. The highest BCUT2D eigenvalue weighted by molar-refractivity contribution is 5.92. The van der Waals surface area contributed by atoms with Crippen LogP contribution in [0.1, 0.15) is 17.0 Å². The van der Waals surface area contributed by atoms with E-state index in [-0.39, 0.29) is 5.56 Å². The van der Waals surface area contributed by atoms with Gasteiger partial charge in [0.05, 0.1) is 17.4 Å². The van der Waals surface area contributed by atoms with Crippen LogP contribution < -0.4 is 10.9 Å². The van der Waals surface area contributed by atoms with E-state index in [1.54, 1.807) is 0 Å². The van der Waals surface area contributed by atoms with Crippen molar-refractivity contribution in [1.29, 1.82) is 0 Å². The monoisotopic (exact) mass is 268 g/mol. The molecule has 0 aliphatic carbocycles. The van der Waals surface area contributed by atoms with Crippen molar-refractivity contribution in [1.82, 2.24) is 20.3 Å². The second-order valence-electron chi connectivity index (χ2n) is 5.05. The van der Waals surface area contributed by atoms with Crippen molar-refractivity contribution in [2.45, 2.75) is 20.4 Å². The van der Waals surface area contributed by atoms with Crippen LogP contribution in [-0.4, -0.2) is 22.0 Å². The predicted molar refractivity (Wildman–Crippen MR) is 79.9 cm³/mol. The molecule has 1 aromatic carbocycles. The van der Waals surface area contributed by atoms with Gasteiger partial charge in [0.25, 0.3) is 5.56 Å². The van der Waals surface area contributed by atoms with Crippen LogP contribution in [0, 0.1) is 13.8 Å². The van der Waals surface area contributed by atoms with Gasteiger partial charge in [0, 0.05) is 5.39 Å². The van der Waals surface area contributed by atoms with Crippen LogP contribution >= 0.6 is 0 Å². The van der Waals surface area contributed by atoms with E-state index >= 15 is 0 Å². The predicted octanol–water partition coefficient (Wildman–Crippen LogP) is 1.81. The van der Waals surface area contributed by atoms with Gasteiger partial charge in [0.15, 0.2) is 5.65 Å². The zero-order valence-corrected chi connectivity index (χ0v) is 11.7. The minimum atomic E-state index is -0.144. The summed E-state index contributed by atoms with van der Waals surface area (Å²) in [6, 6.07) is 5.98. The van der Waals surface area contributed by atoms with Crippen molar-refractivity contribution in [3.05, 3.63) is 45.5 Å². The van der Waals surface area contributed by atoms with Gasteiger partial charge in [-0.15, -0.1) is 0 Å². The van der Waals surface area contributed by atoms with Gasteiger partial charge in [-0.1, -0.05) is 6.07 Å². The normalized spacial score (nSPS) is 11.3. The minimum Gasteiger partial charge on any atom is -0.313 e. The van der Waals surface area contributed by atoms with E-state index in [1.165, 1.54) is 0 Å². The zero-order chi connectivity index (χ0) is 14.3. The van der Waals surface area contributed by atoms with Crippen LogP contribution in [-0.2, 0) is 6.54 Å². The maximum atomic E-state index is 12.1. The Balaban J connectivity index is 2.38. The van der Waals surface area contributed by atoms with E-state index < -0.39 is 0 Å². The Morgan fingerprint density at radius 1 is 1.15 bits per heavy atom. The molecule has 0 spiro atoms. The van der Waals surface area contributed by atoms with Crippen molar-refractivity contribution in [2.75, 3.05) is 7.05 Å². The standard InChI is InChI=1S/C15H16N4O/c1-8-4-9(2)10-6-11-14(17-12(10)5-8)18-13(7-16-3)19-15(11)20/h4-6,16H,7H2,1-3H3,(H,17,18,19,20). The molecule has 3 rings (SSSR count). The van der Waals surface area contributed by atoms with Gasteiger partial charge in [0.1, 0.15) is 5.82 Å². The van der Waals surface area contributed by atoms with E-state index in [1.807, 2.05) is 33.0 Å². The summed E-state index contributed by atoms with van der Waals surface area (Å²) in [6.45, 7) is 4.58. The number of nitrogens with one attached hydrogen (secondary N) is 2. The third-order valence-corrected chi connectivity index (χ3v) is 3.35. The minimum absolute atomic E-state index is 0.144. The van der Waals surface area contributed by atoms with Crippen LogP contribution in [0.15, 0.2) is 23.0 Å². The van der Waals surface area contributed by atoms with E-state index in [4.69, 9.17) is 0 Å². The highest BCUT2D eigenvalue weighted by Crippen LogP contribution is 2.21. The van der Waals surface area contributed by atoms with E-state index in [9.17, 15) is 4.79 Å². The lowest BCUT2D eigenvalue weighted by molar-refractivity contribution is 0.758. The largest absolute Gasteiger partial charge is 0.313 e. The third kappa shape index (κ3) is 2.06. The van der Waals surface area contributed by atoms with E-state index in [2.05, 4.69) is 26.3 Å². The van der Waals surface area contributed by atoms with Crippen LogP contribution in [0.25, 0.3) is 21.9 Å². The molecular formula is C15H16N4O.